The average molecular weight is 398 g/mol. The minimum Gasteiger partial charge on any atom is -0.322 e. The predicted octanol–water partition coefficient (Wildman–Crippen LogP) is 4.14. The number of nitrogens with one attached hydrogen (secondary N) is 1. The van der Waals surface area contributed by atoms with Crippen molar-refractivity contribution < 1.29 is 4.79 Å². The van der Waals surface area contributed by atoms with Crippen molar-refractivity contribution in [2.24, 2.45) is 0 Å². The van der Waals surface area contributed by atoms with Gasteiger partial charge in [-0.2, -0.15) is 0 Å². The number of para-hydroxylation sites is 2. The molecule has 0 aliphatic rings. The number of rotatable bonds is 4. The lowest BCUT2D eigenvalue weighted by Crippen LogP contribution is -2.42. The molecule has 0 saturated heterocycles. The monoisotopic (exact) mass is 398 g/mol. The van der Waals surface area contributed by atoms with E-state index in [1.807, 2.05) is 91.2 Å². The molecule has 1 heterocycles. The summed E-state index contributed by atoms with van der Waals surface area (Å²) in [5, 5.41) is 11.5. The highest BCUT2D eigenvalue weighted by molar-refractivity contribution is 8.00. The largest absolute Gasteiger partial charge is 0.322 e. The lowest BCUT2D eigenvalue weighted by atomic mass is 10.2. The van der Waals surface area contributed by atoms with Crippen LogP contribution >= 0.6 is 11.8 Å². The molecule has 3 aromatic carbocycles. The smallest absolute Gasteiger partial charge is 0.275 e. The van der Waals surface area contributed by atoms with Crippen LogP contribution in [-0.2, 0) is 9.67 Å². The second-order valence-electron chi connectivity index (χ2n) is 6.27. The summed E-state index contributed by atoms with van der Waals surface area (Å²) in [5.74, 6) is 6.03. The van der Waals surface area contributed by atoms with Crippen molar-refractivity contribution in [2.45, 2.75) is 4.87 Å². The zero-order valence-corrected chi connectivity index (χ0v) is 16.6. The first-order valence-electron chi connectivity index (χ1n) is 9.04. The van der Waals surface area contributed by atoms with Crippen LogP contribution in [0.3, 0.4) is 0 Å². The summed E-state index contributed by atoms with van der Waals surface area (Å²) in [4.78, 5) is 12.2. The van der Waals surface area contributed by atoms with Crippen LogP contribution in [0.25, 0.3) is 11.0 Å². The molecule has 1 N–H and O–H groups in total. The van der Waals surface area contributed by atoms with Crippen LogP contribution < -0.4 is 5.32 Å². The van der Waals surface area contributed by atoms with Crippen LogP contribution in [0.1, 0.15) is 5.56 Å². The fourth-order valence-electron chi connectivity index (χ4n) is 2.95. The molecule has 1 atom stereocenters. The molecule has 1 amide bonds. The number of carbonyl (C=O) groups excluding carboxylic acids is 1. The molecule has 0 fully saturated rings. The molecule has 0 spiro atoms. The van der Waals surface area contributed by atoms with Gasteiger partial charge in [0.2, 0.25) is 4.87 Å². The van der Waals surface area contributed by atoms with Crippen molar-refractivity contribution in [3.63, 3.8) is 0 Å². The Morgan fingerprint density at radius 1 is 0.966 bits per heavy atom. The van der Waals surface area contributed by atoms with Crippen molar-refractivity contribution in [3.8, 4) is 11.8 Å². The molecule has 142 valence electrons. The third-order valence-electron chi connectivity index (χ3n) is 4.43. The fraction of sp³-hybridized carbons (Fsp3) is 0.0870. The standard InChI is InChI=1S/C23H18N4OS/c1-29-23(17-16-18-10-4-2-5-11-18,22(28)24-19-12-6-3-7-13-19)27-21-15-9-8-14-20(21)25-26-27/h2-15H,1H3,(H,24,28). The Kier molecular flexibility index (Phi) is 5.32. The fourth-order valence-corrected chi connectivity index (χ4v) is 3.65. The van der Waals surface area contributed by atoms with Gasteiger partial charge in [0.05, 0.1) is 5.52 Å². The molecular weight excluding hydrogens is 380 g/mol. The Bertz CT molecular complexity index is 1200. The minimum atomic E-state index is -1.29. The summed E-state index contributed by atoms with van der Waals surface area (Å²) >= 11 is 1.31. The number of aromatic nitrogens is 3. The van der Waals surface area contributed by atoms with Gasteiger partial charge < -0.3 is 5.32 Å². The zero-order valence-electron chi connectivity index (χ0n) is 15.7. The summed E-state index contributed by atoms with van der Waals surface area (Å²) in [7, 11) is 0. The van der Waals surface area contributed by atoms with Crippen LogP contribution in [0.5, 0.6) is 0 Å². The number of thioether (sulfide) groups is 1. The molecule has 1 unspecified atom stereocenters. The second-order valence-corrected chi connectivity index (χ2v) is 7.27. The molecular formula is C23H18N4OS. The summed E-state index contributed by atoms with van der Waals surface area (Å²) in [5.41, 5.74) is 2.97. The SMILES string of the molecule is CSC(C#Cc1ccccc1)(C(=O)Nc1ccccc1)n1nnc2ccccc21. The van der Waals surface area contributed by atoms with Gasteiger partial charge in [0.15, 0.2) is 0 Å². The van der Waals surface area contributed by atoms with Gasteiger partial charge in [-0.3, -0.25) is 4.79 Å². The average Bonchev–Trinajstić information content (AvgIpc) is 3.21. The van der Waals surface area contributed by atoms with E-state index in [0.717, 1.165) is 11.1 Å². The number of carbonyl (C=O) groups is 1. The summed E-state index contributed by atoms with van der Waals surface area (Å²) in [6.07, 6.45) is 1.85. The van der Waals surface area contributed by atoms with Crippen LogP contribution in [0.15, 0.2) is 84.9 Å². The normalized spacial score (nSPS) is 12.6. The lowest BCUT2D eigenvalue weighted by molar-refractivity contribution is -0.119. The summed E-state index contributed by atoms with van der Waals surface area (Å²) in [6.45, 7) is 0. The zero-order chi connectivity index (χ0) is 20.1. The highest BCUT2D eigenvalue weighted by Crippen LogP contribution is 2.32. The van der Waals surface area contributed by atoms with Crippen molar-refractivity contribution >= 4 is 34.4 Å². The topological polar surface area (TPSA) is 59.8 Å². The van der Waals surface area contributed by atoms with Gasteiger partial charge in [0, 0.05) is 11.3 Å². The number of amides is 1. The Morgan fingerprint density at radius 3 is 2.34 bits per heavy atom. The van der Waals surface area contributed by atoms with Gasteiger partial charge in [0.1, 0.15) is 5.52 Å². The molecule has 0 aliphatic carbocycles. The van der Waals surface area contributed by atoms with E-state index in [-0.39, 0.29) is 5.91 Å². The van der Waals surface area contributed by atoms with Gasteiger partial charge in [-0.15, -0.1) is 16.9 Å². The van der Waals surface area contributed by atoms with Crippen molar-refractivity contribution in [3.05, 3.63) is 90.5 Å². The number of fused-ring (bicyclic) bond motifs is 1. The second kappa shape index (κ2) is 8.21. The van der Waals surface area contributed by atoms with Gasteiger partial charge in [-0.05, 0) is 48.6 Å². The molecule has 0 bridgehead atoms. The maximum Gasteiger partial charge on any atom is 0.275 e. The highest BCUT2D eigenvalue weighted by Gasteiger charge is 2.41. The van der Waals surface area contributed by atoms with E-state index in [2.05, 4.69) is 27.5 Å². The van der Waals surface area contributed by atoms with Crippen LogP contribution in [0.2, 0.25) is 0 Å². The van der Waals surface area contributed by atoms with Crippen molar-refractivity contribution in [1.29, 1.82) is 0 Å². The first-order chi connectivity index (χ1) is 14.2. The van der Waals surface area contributed by atoms with Crippen LogP contribution in [0.4, 0.5) is 5.69 Å². The predicted molar refractivity (Wildman–Crippen MR) is 117 cm³/mol. The van der Waals surface area contributed by atoms with E-state index in [9.17, 15) is 4.79 Å². The summed E-state index contributed by atoms with van der Waals surface area (Å²) < 4.78 is 1.60. The quantitative estimate of drug-likeness (QED) is 0.525. The molecule has 29 heavy (non-hydrogen) atoms. The first kappa shape index (κ1) is 18.8. The van der Waals surface area contributed by atoms with Crippen LogP contribution in [0, 0.1) is 11.8 Å². The molecule has 0 radical (unpaired) electrons. The first-order valence-corrected chi connectivity index (χ1v) is 10.3. The molecule has 0 aliphatic heterocycles. The molecule has 0 saturated carbocycles. The highest BCUT2D eigenvalue weighted by atomic mass is 32.2. The Morgan fingerprint density at radius 2 is 1.62 bits per heavy atom. The maximum absolute atomic E-state index is 13.5. The van der Waals surface area contributed by atoms with E-state index >= 15 is 0 Å². The van der Waals surface area contributed by atoms with Gasteiger partial charge >= 0.3 is 0 Å². The Hall–Kier alpha value is -3.56. The lowest BCUT2D eigenvalue weighted by Gasteiger charge is -2.26. The molecule has 4 aromatic rings. The third-order valence-corrected chi connectivity index (χ3v) is 5.49. The number of hydrogen-bond acceptors (Lipinski definition) is 4. The van der Waals surface area contributed by atoms with E-state index in [1.165, 1.54) is 11.8 Å². The van der Waals surface area contributed by atoms with Gasteiger partial charge in [-0.25, -0.2) is 4.68 Å². The van der Waals surface area contributed by atoms with Gasteiger partial charge in [-0.1, -0.05) is 59.7 Å². The van der Waals surface area contributed by atoms with Crippen LogP contribution in [-0.4, -0.2) is 27.2 Å². The summed E-state index contributed by atoms with van der Waals surface area (Å²) in [6, 6.07) is 26.4. The Balaban J connectivity index is 1.85. The molecule has 5 nitrogen and oxygen atoms in total. The molecule has 4 rings (SSSR count). The molecule has 6 heteroatoms. The number of hydrogen-bond donors (Lipinski definition) is 1. The Labute approximate surface area is 173 Å². The molecule has 1 aromatic heterocycles. The van der Waals surface area contributed by atoms with Gasteiger partial charge in [0.25, 0.3) is 5.91 Å². The van der Waals surface area contributed by atoms with E-state index < -0.39 is 4.87 Å². The van der Waals surface area contributed by atoms with Crippen molar-refractivity contribution in [1.82, 2.24) is 15.0 Å². The van der Waals surface area contributed by atoms with E-state index in [1.54, 1.807) is 4.68 Å². The third kappa shape index (κ3) is 3.73. The number of nitrogens with zero attached hydrogens (tertiary/aromatic N) is 3. The van der Waals surface area contributed by atoms with E-state index in [0.29, 0.717) is 11.2 Å². The maximum atomic E-state index is 13.5. The number of benzene rings is 3. The van der Waals surface area contributed by atoms with Crippen molar-refractivity contribution in [2.75, 3.05) is 11.6 Å². The number of anilines is 1. The minimum absolute atomic E-state index is 0.282. The van der Waals surface area contributed by atoms with E-state index in [4.69, 9.17) is 0 Å².